The molecule has 3 nitrogen and oxygen atoms in total. The van der Waals surface area contributed by atoms with Crippen molar-refractivity contribution >= 4 is 17.3 Å². The van der Waals surface area contributed by atoms with E-state index in [1.165, 1.54) is 0 Å². The van der Waals surface area contributed by atoms with Gasteiger partial charge >= 0.3 is 0 Å². The summed E-state index contributed by atoms with van der Waals surface area (Å²) < 4.78 is 10.2. The second-order valence-electron chi connectivity index (χ2n) is 2.66. The monoisotopic (exact) mass is 192 g/mol. The molecule has 0 aliphatic rings. The number of rotatable bonds is 6. The predicted octanol–water partition coefficient (Wildman–Crippen LogP) is 0.995. The Kier molecular flexibility index (Phi) is 7.34. The maximum Gasteiger partial charge on any atom is 0.162 e. The summed E-state index contributed by atoms with van der Waals surface area (Å²) in [6.07, 6.45) is 0. The third-order valence-electron chi connectivity index (χ3n) is 1.18. The van der Waals surface area contributed by atoms with Gasteiger partial charge in [-0.25, -0.2) is 0 Å². The Balaban J connectivity index is 3.14. The molecule has 0 unspecified atom stereocenters. The maximum atomic E-state index is 8.37. The van der Waals surface area contributed by atoms with Crippen LogP contribution in [0.4, 0.5) is 0 Å². The lowest BCUT2D eigenvalue weighted by molar-refractivity contribution is 0.0675. The van der Waals surface area contributed by atoms with Gasteiger partial charge in [-0.2, -0.15) is 0 Å². The van der Waals surface area contributed by atoms with Crippen LogP contribution in [-0.4, -0.2) is 36.6 Å². The van der Waals surface area contributed by atoms with Gasteiger partial charge in [-0.1, -0.05) is 13.8 Å². The molecule has 4 heteroatoms. The minimum absolute atomic E-state index is 0.0502. The topological polar surface area (TPSA) is 38.7 Å². The summed E-state index contributed by atoms with van der Waals surface area (Å²) in [5, 5.41) is 8.98. The standard InChI is InChI=1S/C8H16O3S/c1-7(2)8(12)11-6-5-10-4-3-9/h7,9H,3-6H2,1-2H3. The third kappa shape index (κ3) is 6.52. The van der Waals surface area contributed by atoms with Crippen molar-refractivity contribution in [2.24, 2.45) is 5.92 Å². The van der Waals surface area contributed by atoms with Crippen LogP contribution in [0.3, 0.4) is 0 Å². The van der Waals surface area contributed by atoms with Gasteiger partial charge in [0.25, 0.3) is 0 Å². The first-order valence-electron chi connectivity index (χ1n) is 4.03. The number of aliphatic hydroxyl groups is 1. The van der Waals surface area contributed by atoms with Gasteiger partial charge in [-0.3, -0.25) is 0 Å². The second-order valence-corrected chi connectivity index (χ2v) is 3.06. The van der Waals surface area contributed by atoms with Crippen molar-refractivity contribution in [2.75, 3.05) is 26.4 Å². The Morgan fingerprint density at radius 3 is 2.50 bits per heavy atom. The quantitative estimate of drug-likeness (QED) is 0.503. The minimum Gasteiger partial charge on any atom is -0.484 e. The minimum atomic E-state index is 0.0502. The highest BCUT2D eigenvalue weighted by molar-refractivity contribution is 7.80. The Bertz CT molecular complexity index is 125. The van der Waals surface area contributed by atoms with Crippen LogP contribution in [-0.2, 0) is 9.47 Å². The van der Waals surface area contributed by atoms with Crippen molar-refractivity contribution in [3.8, 4) is 0 Å². The number of hydrogen-bond acceptors (Lipinski definition) is 4. The Labute approximate surface area is 78.7 Å². The smallest absolute Gasteiger partial charge is 0.162 e. The molecule has 1 N–H and O–H groups in total. The van der Waals surface area contributed by atoms with Crippen LogP contribution in [0, 0.1) is 5.92 Å². The van der Waals surface area contributed by atoms with Crippen molar-refractivity contribution in [2.45, 2.75) is 13.8 Å². The number of aliphatic hydroxyl groups excluding tert-OH is 1. The van der Waals surface area contributed by atoms with Gasteiger partial charge in [0, 0.05) is 5.92 Å². The zero-order valence-corrected chi connectivity index (χ0v) is 8.39. The third-order valence-corrected chi connectivity index (χ3v) is 1.77. The van der Waals surface area contributed by atoms with Crippen LogP contribution in [0.1, 0.15) is 13.8 Å². The number of hydrogen-bond donors (Lipinski definition) is 1. The molecule has 0 aromatic heterocycles. The molecule has 0 saturated carbocycles. The summed E-state index contributed by atoms with van der Waals surface area (Å²) in [6.45, 7) is 5.32. The summed E-state index contributed by atoms with van der Waals surface area (Å²) in [4.78, 5) is 0. The van der Waals surface area contributed by atoms with Gasteiger partial charge in [-0.05, 0) is 12.2 Å². The second kappa shape index (κ2) is 7.46. The summed E-state index contributed by atoms with van der Waals surface area (Å²) in [5.74, 6) is 0.276. The molecule has 0 saturated heterocycles. The average molecular weight is 192 g/mol. The normalized spacial score (nSPS) is 10.3. The number of thiocarbonyl (C=S) groups is 1. The largest absolute Gasteiger partial charge is 0.484 e. The van der Waals surface area contributed by atoms with Crippen LogP contribution in [0.2, 0.25) is 0 Å². The summed E-state index contributed by atoms with van der Waals surface area (Å²) in [6, 6.07) is 0. The zero-order chi connectivity index (χ0) is 9.40. The van der Waals surface area contributed by atoms with E-state index in [0.29, 0.717) is 24.9 Å². The molecule has 0 radical (unpaired) electrons. The van der Waals surface area contributed by atoms with Gasteiger partial charge in [0.15, 0.2) is 5.05 Å². The van der Waals surface area contributed by atoms with Crippen LogP contribution in [0.15, 0.2) is 0 Å². The van der Waals surface area contributed by atoms with Crippen molar-refractivity contribution in [1.29, 1.82) is 0 Å². The maximum absolute atomic E-state index is 8.37. The van der Waals surface area contributed by atoms with E-state index in [4.69, 9.17) is 26.8 Å². The highest BCUT2D eigenvalue weighted by Crippen LogP contribution is 1.98. The summed E-state index contributed by atoms with van der Waals surface area (Å²) in [7, 11) is 0. The molecule has 0 bridgehead atoms. The molecular formula is C8H16O3S. The van der Waals surface area contributed by atoms with Crippen molar-refractivity contribution in [1.82, 2.24) is 0 Å². The van der Waals surface area contributed by atoms with Gasteiger partial charge in [0.2, 0.25) is 0 Å². The van der Waals surface area contributed by atoms with E-state index in [2.05, 4.69) is 0 Å². The molecule has 0 atom stereocenters. The fraction of sp³-hybridized carbons (Fsp3) is 0.875. The van der Waals surface area contributed by atoms with Gasteiger partial charge in [0.1, 0.15) is 6.61 Å². The SMILES string of the molecule is CC(C)C(=S)OCCOCCO. The van der Waals surface area contributed by atoms with Crippen molar-refractivity contribution in [3.63, 3.8) is 0 Å². The lowest BCUT2D eigenvalue weighted by Gasteiger charge is -2.09. The molecule has 0 rings (SSSR count). The van der Waals surface area contributed by atoms with Gasteiger partial charge in [0.05, 0.1) is 19.8 Å². The first-order valence-corrected chi connectivity index (χ1v) is 4.44. The highest BCUT2D eigenvalue weighted by atomic mass is 32.1. The number of ether oxygens (including phenoxy) is 2. The molecule has 0 aliphatic heterocycles. The highest BCUT2D eigenvalue weighted by Gasteiger charge is 2.01. The van der Waals surface area contributed by atoms with Crippen molar-refractivity contribution < 1.29 is 14.6 Å². The average Bonchev–Trinajstić information content (AvgIpc) is 2.03. The molecule has 0 amide bonds. The van der Waals surface area contributed by atoms with Gasteiger partial charge < -0.3 is 14.6 Å². The first-order chi connectivity index (χ1) is 5.68. The Morgan fingerprint density at radius 2 is 2.00 bits per heavy atom. The fourth-order valence-corrected chi connectivity index (χ4v) is 0.618. The molecule has 0 aliphatic carbocycles. The van der Waals surface area contributed by atoms with Crippen LogP contribution in [0.25, 0.3) is 0 Å². The van der Waals surface area contributed by atoms with E-state index in [-0.39, 0.29) is 12.5 Å². The van der Waals surface area contributed by atoms with E-state index < -0.39 is 0 Å². The van der Waals surface area contributed by atoms with E-state index in [1.807, 2.05) is 13.8 Å². The molecule has 0 aromatic carbocycles. The lowest BCUT2D eigenvalue weighted by Crippen LogP contribution is -2.14. The van der Waals surface area contributed by atoms with Crippen LogP contribution in [0.5, 0.6) is 0 Å². The predicted molar refractivity (Wildman–Crippen MR) is 51.3 cm³/mol. The fourth-order valence-electron chi connectivity index (χ4n) is 0.534. The molecule has 72 valence electrons. The van der Waals surface area contributed by atoms with E-state index in [9.17, 15) is 0 Å². The van der Waals surface area contributed by atoms with E-state index in [1.54, 1.807) is 0 Å². The van der Waals surface area contributed by atoms with Crippen molar-refractivity contribution in [3.05, 3.63) is 0 Å². The molecule has 0 heterocycles. The van der Waals surface area contributed by atoms with Crippen LogP contribution < -0.4 is 0 Å². The van der Waals surface area contributed by atoms with Gasteiger partial charge in [-0.15, -0.1) is 0 Å². The summed E-state index contributed by atoms with van der Waals surface area (Å²) >= 11 is 4.93. The molecular weight excluding hydrogens is 176 g/mol. The first kappa shape index (κ1) is 11.8. The summed E-state index contributed by atoms with van der Waals surface area (Å²) in [5.41, 5.74) is 0. The molecule has 0 aromatic rings. The van der Waals surface area contributed by atoms with E-state index in [0.717, 1.165) is 0 Å². The molecule has 12 heavy (non-hydrogen) atoms. The molecule has 0 spiro atoms. The molecule has 0 fully saturated rings. The Morgan fingerprint density at radius 1 is 1.33 bits per heavy atom. The zero-order valence-electron chi connectivity index (χ0n) is 7.58. The lowest BCUT2D eigenvalue weighted by atomic mass is 10.2. The Hall–Kier alpha value is -0.190. The van der Waals surface area contributed by atoms with Crippen LogP contribution >= 0.6 is 12.2 Å². The van der Waals surface area contributed by atoms with E-state index >= 15 is 0 Å².